The van der Waals surface area contributed by atoms with Gasteiger partial charge in [-0.05, 0) is 36.5 Å². The molecule has 0 amide bonds. The van der Waals surface area contributed by atoms with Crippen LogP contribution in [-0.4, -0.2) is 24.4 Å². The predicted octanol–water partition coefficient (Wildman–Crippen LogP) is 2.86. The number of ether oxygens (including phenoxy) is 2. The van der Waals surface area contributed by atoms with E-state index in [1.165, 1.54) is 12.8 Å². The molecule has 5 fully saturated rings. The Bertz CT molecular complexity index is 274. The van der Waals surface area contributed by atoms with Crippen LogP contribution in [0, 0.1) is 23.7 Å². The Balaban J connectivity index is 0.000000186. The summed E-state index contributed by atoms with van der Waals surface area (Å²) in [5, 5.41) is 0. The predicted molar refractivity (Wildman–Crippen MR) is 63.2 cm³/mol. The third-order valence-corrected chi connectivity index (χ3v) is 4.99. The number of fused-ring (bicyclic) bond motifs is 10. The first-order valence-electron chi connectivity index (χ1n) is 7.24. The maximum Gasteiger partial charge on any atom is 0.0876 e. The third kappa shape index (κ3) is 1.20. The summed E-state index contributed by atoms with van der Waals surface area (Å²) in [5.74, 6) is 3.77. The summed E-state index contributed by atoms with van der Waals surface area (Å²) < 4.78 is 11.3. The Labute approximate surface area is 98.7 Å². The van der Waals surface area contributed by atoms with Gasteiger partial charge < -0.3 is 9.47 Å². The first-order valence-corrected chi connectivity index (χ1v) is 7.24. The van der Waals surface area contributed by atoms with Crippen LogP contribution in [0.5, 0.6) is 0 Å². The summed E-state index contributed by atoms with van der Waals surface area (Å²) in [4.78, 5) is 0. The second-order valence-corrected chi connectivity index (χ2v) is 5.24. The quantitative estimate of drug-likeness (QED) is 0.591. The van der Waals surface area contributed by atoms with Gasteiger partial charge in [0.25, 0.3) is 0 Å². The van der Waals surface area contributed by atoms with Gasteiger partial charge in [0.15, 0.2) is 0 Å². The zero-order chi connectivity index (χ0) is 11.4. The van der Waals surface area contributed by atoms with Crippen molar-refractivity contribution in [1.82, 2.24) is 0 Å². The van der Waals surface area contributed by atoms with Gasteiger partial charge in [-0.2, -0.15) is 0 Å². The molecule has 0 aromatic heterocycles. The fourth-order valence-corrected chi connectivity index (χ4v) is 4.58. The van der Waals surface area contributed by atoms with Crippen molar-refractivity contribution in [1.29, 1.82) is 0 Å². The molecule has 2 nitrogen and oxygen atoms in total. The Morgan fingerprint density at radius 3 is 2.12 bits per heavy atom. The molecule has 2 bridgehead atoms. The molecule has 2 saturated heterocycles. The third-order valence-electron chi connectivity index (χ3n) is 4.99. The number of epoxide rings is 2. The fraction of sp³-hybridized carbons (Fsp3) is 1.00. The number of hydrogen-bond donors (Lipinski definition) is 0. The van der Waals surface area contributed by atoms with Crippen LogP contribution in [0.15, 0.2) is 0 Å². The second-order valence-electron chi connectivity index (χ2n) is 5.24. The van der Waals surface area contributed by atoms with Gasteiger partial charge in [0.2, 0.25) is 0 Å². The molecule has 3 aliphatic carbocycles. The van der Waals surface area contributed by atoms with Crippen molar-refractivity contribution in [2.45, 2.75) is 65.0 Å². The van der Waals surface area contributed by atoms with E-state index in [0.717, 1.165) is 23.7 Å². The molecule has 0 aromatic carbocycles. The van der Waals surface area contributed by atoms with Crippen LogP contribution in [0.3, 0.4) is 0 Å². The average molecular weight is 224 g/mol. The molecule has 8 unspecified atom stereocenters. The Kier molecular flexibility index (Phi) is 2.56. The largest absolute Gasteiger partial charge is 0.369 e. The van der Waals surface area contributed by atoms with Gasteiger partial charge >= 0.3 is 0 Å². The molecule has 0 N–H and O–H groups in total. The Hall–Kier alpha value is -0.0800. The van der Waals surface area contributed by atoms with Crippen molar-refractivity contribution in [3.63, 3.8) is 0 Å². The van der Waals surface area contributed by atoms with Crippen LogP contribution in [0.25, 0.3) is 0 Å². The first kappa shape index (κ1) is 11.0. The van der Waals surface area contributed by atoms with Crippen LogP contribution in [0.1, 0.15) is 40.5 Å². The molecular weight excluding hydrogens is 200 g/mol. The molecule has 2 heterocycles. The summed E-state index contributed by atoms with van der Waals surface area (Å²) in [6.07, 6.45) is 5.58. The van der Waals surface area contributed by atoms with E-state index in [-0.39, 0.29) is 0 Å². The van der Waals surface area contributed by atoms with Gasteiger partial charge in [0, 0.05) is 0 Å². The highest BCUT2D eigenvalue weighted by molar-refractivity contribution is 5.21. The molecule has 2 aliphatic heterocycles. The lowest BCUT2D eigenvalue weighted by atomic mass is 9.81. The highest BCUT2D eigenvalue weighted by Crippen LogP contribution is 2.69. The van der Waals surface area contributed by atoms with Gasteiger partial charge in [-0.15, -0.1) is 0 Å². The van der Waals surface area contributed by atoms with E-state index in [1.807, 2.05) is 27.7 Å². The molecule has 5 aliphatic rings. The summed E-state index contributed by atoms with van der Waals surface area (Å²) in [6.45, 7) is 8.00. The summed E-state index contributed by atoms with van der Waals surface area (Å²) >= 11 is 0. The lowest BCUT2D eigenvalue weighted by Gasteiger charge is -2.22. The number of hydrogen-bond acceptors (Lipinski definition) is 2. The molecule has 0 radical (unpaired) electrons. The molecular formula is C14H24O2. The lowest BCUT2D eigenvalue weighted by molar-refractivity contribution is 0.162. The average Bonchev–Trinajstić information content (AvgIpc) is 3.22. The minimum atomic E-state index is 0.676. The highest BCUT2D eigenvalue weighted by atomic mass is 16.6. The first-order chi connectivity index (χ1) is 7.93. The molecule has 5 rings (SSSR count). The molecule has 92 valence electrons. The zero-order valence-electron chi connectivity index (χ0n) is 10.8. The smallest absolute Gasteiger partial charge is 0.0876 e. The maximum atomic E-state index is 5.69. The molecule has 3 saturated carbocycles. The minimum Gasteiger partial charge on any atom is -0.369 e. The SMILES string of the molecule is C1C2OC2C2C1C1CC2C2OC12.CC.CC. The number of rotatable bonds is 0. The monoisotopic (exact) mass is 224 g/mol. The standard InChI is InChI=1S/C10H12O2.2C2H6/c1-4-3-2-6-10(11-6)7(3)5(1)9-8(4)12-9;2*1-2/h3-10H,1-2H2;2*1-2H3. The van der Waals surface area contributed by atoms with Gasteiger partial charge in [0.1, 0.15) is 0 Å². The summed E-state index contributed by atoms with van der Waals surface area (Å²) in [5.41, 5.74) is 0. The van der Waals surface area contributed by atoms with E-state index in [0.29, 0.717) is 24.4 Å². The van der Waals surface area contributed by atoms with Crippen LogP contribution in [0.4, 0.5) is 0 Å². The maximum absolute atomic E-state index is 5.69. The Morgan fingerprint density at radius 2 is 1.38 bits per heavy atom. The van der Waals surface area contributed by atoms with Crippen LogP contribution < -0.4 is 0 Å². The lowest BCUT2D eigenvalue weighted by Crippen LogP contribution is -2.27. The highest BCUT2D eigenvalue weighted by Gasteiger charge is 2.74. The normalized spacial score (nSPS) is 60.8. The summed E-state index contributed by atoms with van der Waals surface area (Å²) in [6, 6.07) is 0. The zero-order valence-corrected chi connectivity index (χ0v) is 10.8. The molecule has 8 atom stereocenters. The van der Waals surface area contributed by atoms with Crippen molar-refractivity contribution in [2.24, 2.45) is 23.7 Å². The van der Waals surface area contributed by atoms with E-state index in [1.54, 1.807) is 0 Å². The van der Waals surface area contributed by atoms with E-state index >= 15 is 0 Å². The molecule has 2 heteroatoms. The van der Waals surface area contributed by atoms with Crippen LogP contribution in [0.2, 0.25) is 0 Å². The van der Waals surface area contributed by atoms with Crippen LogP contribution >= 0.6 is 0 Å². The van der Waals surface area contributed by atoms with Crippen molar-refractivity contribution >= 4 is 0 Å². The van der Waals surface area contributed by atoms with E-state index in [9.17, 15) is 0 Å². The van der Waals surface area contributed by atoms with Crippen molar-refractivity contribution < 1.29 is 9.47 Å². The molecule has 16 heavy (non-hydrogen) atoms. The topological polar surface area (TPSA) is 25.1 Å². The molecule has 0 spiro atoms. The fourth-order valence-electron chi connectivity index (χ4n) is 4.58. The molecule has 0 aromatic rings. The minimum absolute atomic E-state index is 0.676. The van der Waals surface area contributed by atoms with Crippen LogP contribution in [-0.2, 0) is 9.47 Å². The van der Waals surface area contributed by atoms with Crippen molar-refractivity contribution in [3.05, 3.63) is 0 Å². The van der Waals surface area contributed by atoms with E-state index in [4.69, 9.17) is 9.47 Å². The van der Waals surface area contributed by atoms with E-state index < -0.39 is 0 Å². The van der Waals surface area contributed by atoms with Gasteiger partial charge in [-0.3, -0.25) is 0 Å². The van der Waals surface area contributed by atoms with E-state index in [2.05, 4.69) is 0 Å². The van der Waals surface area contributed by atoms with Gasteiger partial charge in [0.05, 0.1) is 24.4 Å². The van der Waals surface area contributed by atoms with Gasteiger partial charge in [-0.25, -0.2) is 0 Å². The van der Waals surface area contributed by atoms with Crippen molar-refractivity contribution in [2.75, 3.05) is 0 Å². The summed E-state index contributed by atoms with van der Waals surface area (Å²) in [7, 11) is 0. The van der Waals surface area contributed by atoms with Crippen molar-refractivity contribution in [3.8, 4) is 0 Å². The Morgan fingerprint density at radius 1 is 0.688 bits per heavy atom. The second kappa shape index (κ2) is 3.71. The van der Waals surface area contributed by atoms with Gasteiger partial charge in [-0.1, -0.05) is 27.7 Å².